The van der Waals surface area contributed by atoms with Crippen LogP contribution in [0.25, 0.3) is 0 Å². The van der Waals surface area contributed by atoms with Crippen molar-refractivity contribution in [2.24, 2.45) is 0 Å². The van der Waals surface area contributed by atoms with Gasteiger partial charge in [-0.3, -0.25) is 4.79 Å². The van der Waals surface area contributed by atoms with Gasteiger partial charge in [-0.25, -0.2) is 4.79 Å². The number of alkyl halides is 3. The topological polar surface area (TPSA) is 60.7 Å². The fourth-order valence-corrected chi connectivity index (χ4v) is 1.14. The number of nitrogens with one attached hydrogen (secondary N) is 1. The standard InChI is InChI=1S/C11H9F3N2O3/c1-16(19-6-5-17)10(18)15-9-4-2-3-8(7-9)11(12,13)14/h2-7H,1H3/p+1. The van der Waals surface area contributed by atoms with Crippen molar-refractivity contribution in [3.05, 3.63) is 29.8 Å². The highest BCUT2D eigenvalue weighted by Gasteiger charge is 2.30. The molecule has 1 rings (SSSR count). The Bertz CT molecular complexity index is 500. The van der Waals surface area contributed by atoms with Gasteiger partial charge in [-0.2, -0.15) is 13.2 Å². The first kappa shape index (κ1) is 14.7. The smallest absolute Gasteiger partial charge is 0.302 e. The van der Waals surface area contributed by atoms with E-state index in [9.17, 15) is 22.8 Å². The summed E-state index contributed by atoms with van der Waals surface area (Å²) in [6, 6.07) is 3.31. The Balaban J connectivity index is 2.80. The van der Waals surface area contributed by atoms with Crippen LogP contribution in [0.5, 0.6) is 0 Å². The molecule has 0 aromatic heterocycles. The van der Waals surface area contributed by atoms with Gasteiger partial charge in [-0.15, -0.1) is 0 Å². The van der Waals surface area contributed by atoms with E-state index in [-0.39, 0.29) is 5.69 Å². The van der Waals surface area contributed by atoms with Gasteiger partial charge in [0.15, 0.2) is 0 Å². The van der Waals surface area contributed by atoms with E-state index in [1.165, 1.54) is 13.1 Å². The van der Waals surface area contributed by atoms with E-state index in [0.29, 0.717) is 17.6 Å². The molecule has 0 aliphatic heterocycles. The molecule has 0 radical (unpaired) electrons. The van der Waals surface area contributed by atoms with Crippen LogP contribution in [0.2, 0.25) is 0 Å². The maximum atomic E-state index is 12.4. The van der Waals surface area contributed by atoms with E-state index in [1.807, 2.05) is 0 Å². The largest absolute Gasteiger partial charge is 0.416 e. The molecule has 0 fully saturated rings. The van der Waals surface area contributed by atoms with Crippen LogP contribution in [0.15, 0.2) is 24.3 Å². The van der Waals surface area contributed by atoms with E-state index < -0.39 is 17.8 Å². The molecule has 0 spiro atoms. The number of aldehydes is 2. The van der Waals surface area contributed by atoms with E-state index in [0.717, 1.165) is 18.2 Å². The summed E-state index contributed by atoms with van der Waals surface area (Å²) in [4.78, 5) is 21.4. The maximum Gasteiger partial charge on any atom is 0.416 e. The average Bonchev–Trinajstić information content (AvgIpc) is 2.35. The Morgan fingerprint density at radius 2 is 2.11 bits per heavy atom. The highest BCUT2D eigenvalue weighted by Crippen LogP contribution is 2.30. The number of rotatable bonds is 3. The number of halogens is 3. The van der Waals surface area contributed by atoms with Gasteiger partial charge in [-0.1, -0.05) is 10.6 Å². The number of hydrogen-bond acceptors (Lipinski definition) is 2. The lowest BCUT2D eigenvalue weighted by Crippen LogP contribution is -2.29. The molecule has 8 heteroatoms. The van der Waals surface area contributed by atoms with Crippen molar-refractivity contribution in [3.8, 4) is 0 Å². The Labute approximate surface area is 106 Å². The van der Waals surface area contributed by atoms with E-state index >= 15 is 0 Å². The first-order valence-corrected chi connectivity index (χ1v) is 5.00. The van der Waals surface area contributed by atoms with Crippen LogP contribution in [0.4, 0.5) is 23.7 Å². The van der Waals surface area contributed by atoms with Crippen LogP contribution in [0.1, 0.15) is 5.56 Å². The van der Waals surface area contributed by atoms with Crippen LogP contribution >= 0.6 is 0 Å². The molecule has 19 heavy (non-hydrogen) atoms. The van der Waals surface area contributed by atoms with Crippen molar-refractivity contribution >= 4 is 24.3 Å². The third-order valence-electron chi connectivity index (χ3n) is 2.00. The van der Waals surface area contributed by atoms with Gasteiger partial charge in [0.2, 0.25) is 6.29 Å². The third-order valence-corrected chi connectivity index (χ3v) is 2.00. The summed E-state index contributed by atoms with van der Waals surface area (Å²) in [5, 5.41) is 2.85. The normalized spacial score (nSPS) is 11.4. The number of urea groups is 1. The molecular weight excluding hydrogens is 265 g/mol. The molecule has 0 saturated heterocycles. The molecule has 0 unspecified atom stereocenters. The fraction of sp³-hybridized carbons (Fsp3) is 0.182. The molecule has 0 aliphatic carbocycles. The summed E-state index contributed by atoms with van der Waals surface area (Å²) >= 11 is 0. The van der Waals surface area contributed by atoms with Gasteiger partial charge in [-0.05, 0) is 18.2 Å². The minimum atomic E-state index is -4.49. The predicted octanol–water partition coefficient (Wildman–Crippen LogP) is 2.02. The number of amides is 2. The van der Waals surface area contributed by atoms with Crippen molar-refractivity contribution in [1.29, 1.82) is 0 Å². The lowest BCUT2D eigenvalue weighted by atomic mass is 10.2. The SMILES string of the molecule is CN([O+]=CC=O)C(=O)Nc1cccc(C(F)(F)F)c1. The van der Waals surface area contributed by atoms with Crippen molar-refractivity contribution < 1.29 is 27.3 Å². The van der Waals surface area contributed by atoms with E-state index in [2.05, 4.69) is 9.84 Å². The summed E-state index contributed by atoms with van der Waals surface area (Å²) in [7, 11) is 1.20. The van der Waals surface area contributed by atoms with Crippen LogP contribution in [0.3, 0.4) is 0 Å². The average molecular weight is 275 g/mol. The second kappa shape index (κ2) is 5.98. The van der Waals surface area contributed by atoms with Crippen LogP contribution < -0.4 is 5.32 Å². The number of hydroxylamine groups is 2. The number of carbonyl (C=O) groups is 2. The monoisotopic (exact) mass is 275 g/mol. The molecule has 0 atom stereocenters. The van der Waals surface area contributed by atoms with Gasteiger partial charge >= 0.3 is 18.5 Å². The lowest BCUT2D eigenvalue weighted by molar-refractivity contribution is -0.607. The predicted molar refractivity (Wildman–Crippen MR) is 60.4 cm³/mol. The second-order valence-corrected chi connectivity index (χ2v) is 3.38. The molecule has 0 saturated carbocycles. The highest BCUT2D eigenvalue weighted by molar-refractivity contribution is 6.09. The fourth-order valence-electron chi connectivity index (χ4n) is 1.14. The number of anilines is 1. The minimum absolute atomic E-state index is 0.0404. The zero-order chi connectivity index (χ0) is 14.5. The molecule has 1 aromatic carbocycles. The molecule has 2 amide bonds. The Morgan fingerprint density at radius 1 is 1.42 bits per heavy atom. The first-order valence-electron chi connectivity index (χ1n) is 5.00. The number of hydrogen-bond donors (Lipinski definition) is 1. The van der Waals surface area contributed by atoms with E-state index in [1.54, 1.807) is 0 Å². The third kappa shape index (κ3) is 4.41. The lowest BCUT2D eigenvalue weighted by Gasteiger charge is -2.09. The zero-order valence-electron chi connectivity index (χ0n) is 9.77. The Kier molecular flexibility index (Phi) is 4.62. The van der Waals surface area contributed by atoms with Crippen molar-refractivity contribution in [2.75, 3.05) is 12.4 Å². The molecule has 1 aromatic rings. The quantitative estimate of drug-likeness (QED) is 0.397. The van der Waals surface area contributed by atoms with Crippen molar-refractivity contribution in [3.63, 3.8) is 0 Å². The molecular formula is C11H10F3N2O3+. The summed E-state index contributed by atoms with van der Waals surface area (Å²) < 4.78 is 41.8. The van der Waals surface area contributed by atoms with Gasteiger partial charge < -0.3 is 5.32 Å². The molecule has 1 N–H and O–H groups in total. The first-order chi connectivity index (χ1) is 8.84. The van der Waals surface area contributed by atoms with Crippen LogP contribution in [0, 0.1) is 0 Å². The summed E-state index contributed by atoms with van der Waals surface area (Å²) in [5.41, 5.74) is -0.922. The molecule has 0 aliphatic rings. The number of carbonyl (C=O) groups excluding carboxylic acids is 3. The maximum absolute atomic E-state index is 12.4. The highest BCUT2D eigenvalue weighted by atomic mass is 19.4. The molecule has 0 bridgehead atoms. The summed E-state index contributed by atoms with van der Waals surface area (Å²) in [6.07, 6.45) is -3.46. The number of nitrogens with zero attached hydrogens (tertiary/aromatic N) is 1. The van der Waals surface area contributed by atoms with Gasteiger partial charge in [0, 0.05) is 10.8 Å². The molecule has 102 valence electrons. The van der Waals surface area contributed by atoms with Crippen molar-refractivity contribution in [1.82, 2.24) is 5.06 Å². The van der Waals surface area contributed by atoms with Gasteiger partial charge in [0.1, 0.15) is 7.05 Å². The Morgan fingerprint density at radius 3 is 2.68 bits per heavy atom. The van der Waals surface area contributed by atoms with Gasteiger partial charge in [0.25, 0.3) is 0 Å². The van der Waals surface area contributed by atoms with Crippen LogP contribution in [-0.2, 0) is 15.5 Å². The van der Waals surface area contributed by atoms with Crippen LogP contribution in [-0.4, -0.2) is 30.7 Å². The summed E-state index contributed by atoms with van der Waals surface area (Å²) in [6.45, 7) is 0. The Hall–Kier alpha value is -2.38. The van der Waals surface area contributed by atoms with Crippen molar-refractivity contribution in [2.45, 2.75) is 6.18 Å². The zero-order valence-corrected chi connectivity index (χ0v) is 9.77. The van der Waals surface area contributed by atoms with Gasteiger partial charge in [0.05, 0.1) is 5.56 Å². The second-order valence-electron chi connectivity index (χ2n) is 3.38. The number of benzene rings is 1. The van der Waals surface area contributed by atoms with E-state index in [4.69, 9.17) is 0 Å². The summed E-state index contributed by atoms with van der Waals surface area (Å²) in [5.74, 6) is 0. The molecule has 0 heterocycles. The minimum Gasteiger partial charge on any atom is -0.302 e. The molecule has 5 nitrogen and oxygen atoms in total.